The fourth-order valence-electron chi connectivity index (χ4n) is 1.89. The largest absolute Gasteiger partial charge is 0.288 e. The van der Waals surface area contributed by atoms with Crippen molar-refractivity contribution in [3.05, 3.63) is 83.2 Å². The summed E-state index contributed by atoms with van der Waals surface area (Å²) < 4.78 is 0. The molecule has 106 valence electrons. The van der Waals surface area contributed by atoms with Gasteiger partial charge < -0.3 is 0 Å². The number of aryl methyl sites for hydroxylation is 1. The maximum absolute atomic E-state index is 4.50. The van der Waals surface area contributed by atoms with Crippen molar-refractivity contribution in [1.82, 2.24) is 4.98 Å². The molecule has 0 aliphatic rings. The Kier molecular flexibility index (Phi) is 5.65. The number of allylic oxidation sites excluding steroid dienone is 3. The van der Waals surface area contributed by atoms with Crippen LogP contribution >= 0.6 is 0 Å². The van der Waals surface area contributed by atoms with Crippen LogP contribution in [0.3, 0.4) is 0 Å². The SMILES string of the molecule is C/C=C\C=C/c1ccc(CN=Cc2ccncc2C)cc1. The maximum atomic E-state index is 4.50. The Bertz CT molecular complexity index is 650. The molecule has 0 N–H and O–H groups in total. The molecule has 0 spiro atoms. The second kappa shape index (κ2) is 7.95. The van der Waals surface area contributed by atoms with Crippen molar-refractivity contribution in [3.8, 4) is 0 Å². The standard InChI is InChI=1S/C19H20N2/c1-3-4-5-6-17-7-9-18(10-8-17)14-21-15-19-11-12-20-13-16(19)2/h3-13,15H,14H2,1-2H3/b4-3-,6-5-,21-15?. The quantitative estimate of drug-likeness (QED) is 0.579. The van der Waals surface area contributed by atoms with Crippen LogP contribution in [0.25, 0.3) is 6.08 Å². The Morgan fingerprint density at radius 2 is 1.90 bits per heavy atom. The van der Waals surface area contributed by atoms with Gasteiger partial charge in [-0.3, -0.25) is 9.98 Å². The van der Waals surface area contributed by atoms with Gasteiger partial charge in [-0.25, -0.2) is 0 Å². The van der Waals surface area contributed by atoms with Crippen molar-refractivity contribution in [2.45, 2.75) is 20.4 Å². The molecule has 0 radical (unpaired) electrons. The molecule has 0 amide bonds. The van der Waals surface area contributed by atoms with Gasteiger partial charge >= 0.3 is 0 Å². The molecule has 0 atom stereocenters. The highest BCUT2D eigenvalue weighted by Gasteiger charge is 1.94. The Morgan fingerprint density at radius 1 is 1.10 bits per heavy atom. The van der Waals surface area contributed by atoms with Crippen molar-refractivity contribution < 1.29 is 0 Å². The van der Waals surface area contributed by atoms with Gasteiger partial charge in [0.2, 0.25) is 0 Å². The minimum atomic E-state index is 0.695. The zero-order chi connectivity index (χ0) is 14.9. The van der Waals surface area contributed by atoms with E-state index < -0.39 is 0 Å². The van der Waals surface area contributed by atoms with Crippen molar-refractivity contribution in [2.24, 2.45) is 4.99 Å². The lowest BCUT2D eigenvalue weighted by Crippen LogP contribution is -1.89. The van der Waals surface area contributed by atoms with Crippen molar-refractivity contribution >= 4 is 12.3 Å². The zero-order valence-corrected chi connectivity index (χ0v) is 12.5. The monoisotopic (exact) mass is 276 g/mol. The normalized spacial score (nSPS) is 11.9. The fourth-order valence-corrected chi connectivity index (χ4v) is 1.89. The molecule has 1 heterocycles. The summed E-state index contributed by atoms with van der Waals surface area (Å²) in [4.78, 5) is 8.57. The van der Waals surface area contributed by atoms with Crippen LogP contribution in [-0.4, -0.2) is 11.2 Å². The number of aromatic nitrogens is 1. The molecule has 2 rings (SSSR count). The summed E-state index contributed by atoms with van der Waals surface area (Å²) in [6.07, 6.45) is 13.7. The van der Waals surface area contributed by atoms with Crippen LogP contribution in [0, 0.1) is 6.92 Å². The highest BCUT2D eigenvalue weighted by atomic mass is 14.7. The Labute approximate surface area is 126 Å². The van der Waals surface area contributed by atoms with Crippen LogP contribution in [0.2, 0.25) is 0 Å². The van der Waals surface area contributed by atoms with Crippen LogP contribution in [0.1, 0.15) is 29.2 Å². The van der Waals surface area contributed by atoms with Crippen LogP contribution in [-0.2, 0) is 6.54 Å². The Morgan fingerprint density at radius 3 is 2.62 bits per heavy atom. The first-order valence-electron chi connectivity index (χ1n) is 7.08. The molecule has 0 fully saturated rings. The minimum absolute atomic E-state index is 0.695. The predicted molar refractivity (Wildman–Crippen MR) is 90.6 cm³/mol. The van der Waals surface area contributed by atoms with Gasteiger partial charge in [-0.05, 0) is 42.2 Å². The first-order chi connectivity index (χ1) is 10.3. The van der Waals surface area contributed by atoms with Gasteiger partial charge in [0, 0.05) is 18.6 Å². The molecular formula is C19H20N2. The van der Waals surface area contributed by atoms with Crippen molar-refractivity contribution in [2.75, 3.05) is 0 Å². The van der Waals surface area contributed by atoms with E-state index in [4.69, 9.17) is 0 Å². The minimum Gasteiger partial charge on any atom is -0.288 e. The third kappa shape index (κ3) is 4.84. The summed E-state index contributed by atoms with van der Waals surface area (Å²) in [5, 5.41) is 0. The van der Waals surface area contributed by atoms with Gasteiger partial charge in [-0.15, -0.1) is 0 Å². The van der Waals surface area contributed by atoms with Crippen LogP contribution in [0.5, 0.6) is 0 Å². The third-order valence-electron chi connectivity index (χ3n) is 3.14. The van der Waals surface area contributed by atoms with E-state index in [2.05, 4.69) is 40.3 Å². The summed E-state index contributed by atoms with van der Waals surface area (Å²) in [6.45, 7) is 4.75. The van der Waals surface area contributed by atoms with E-state index in [0.29, 0.717) is 6.54 Å². The number of hydrogen-bond donors (Lipinski definition) is 0. The number of pyridine rings is 1. The number of benzene rings is 1. The molecule has 0 aliphatic heterocycles. The molecule has 2 heteroatoms. The second-order valence-electron chi connectivity index (χ2n) is 4.83. The molecule has 21 heavy (non-hydrogen) atoms. The lowest BCUT2D eigenvalue weighted by Gasteiger charge is -1.99. The summed E-state index contributed by atoms with van der Waals surface area (Å²) in [7, 11) is 0. The summed E-state index contributed by atoms with van der Waals surface area (Å²) in [5.74, 6) is 0. The number of rotatable bonds is 5. The average molecular weight is 276 g/mol. The van der Waals surface area contributed by atoms with Gasteiger partial charge in [0.05, 0.1) is 6.54 Å². The Hall–Kier alpha value is -2.48. The molecule has 2 aromatic rings. The van der Waals surface area contributed by atoms with E-state index in [-0.39, 0.29) is 0 Å². The van der Waals surface area contributed by atoms with Gasteiger partial charge in [0.15, 0.2) is 0 Å². The molecule has 0 bridgehead atoms. The summed E-state index contributed by atoms with van der Waals surface area (Å²) >= 11 is 0. The van der Waals surface area contributed by atoms with E-state index in [1.165, 1.54) is 11.1 Å². The van der Waals surface area contributed by atoms with Gasteiger partial charge in [-0.1, -0.05) is 48.6 Å². The van der Waals surface area contributed by atoms with E-state index in [1.54, 1.807) is 6.20 Å². The first kappa shape index (κ1) is 14.9. The maximum Gasteiger partial charge on any atom is 0.0639 e. The lowest BCUT2D eigenvalue weighted by molar-refractivity contribution is 1.07. The second-order valence-corrected chi connectivity index (χ2v) is 4.83. The van der Waals surface area contributed by atoms with E-state index in [9.17, 15) is 0 Å². The smallest absolute Gasteiger partial charge is 0.0639 e. The van der Waals surface area contributed by atoms with Crippen LogP contribution in [0.15, 0.2) is 65.9 Å². The third-order valence-corrected chi connectivity index (χ3v) is 3.14. The van der Waals surface area contributed by atoms with E-state index in [1.807, 2.05) is 50.6 Å². The van der Waals surface area contributed by atoms with Crippen LogP contribution in [0.4, 0.5) is 0 Å². The molecule has 1 aromatic carbocycles. The van der Waals surface area contributed by atoms with E-state index in [0.717, 1.165) is 11.1 Å². The molecule has 1 aromatic heterocycles. The highest BCUT2D eigenvalue weighted by Crippen LogP contribution is 2.08. The Balaban J connectivity index is 1.96. The number of aliphatic imine (C=N–C) groups is 1. The lowest BCUT2D eigenvalue weighted by atomic mass is 10.1. The molecular weight excluding hydrogens is 256 g/mol. The molecule has 0 saturated carbocycles. The summed E-state index contributed by atoms with van der Waals surface area (Å²) in [5.41, 5.74) is 4.67. The molecule has 0 unspecified atom stereocenters. The van der Waals surface area contributed by atoms with Crippen molar-refractivity contribution in [3.63, 3.8) is 0 Å². The molecule has 0 aliphatic carbocycles. The van der Waals surface area contributed by atoms with Gasteiger partial charge in [0.1, 0.15) is 0 Å². The molecule has 2 nitrogen and oxygen atoms in total. The average Bonchev–Trinajstić information content (AvgIpc) is 2.51. The zero-order valence-electron chi connectivity index (χ0n) is 12.5. The van der Waals surface area contributed by atoms with E-state index >= 15 is 0 Å². The fraction of sp³-hybridized carbons (Fsp3) is 0.158. The first-order valence-corrected chi connectivity index (χ1v) is 7.08. The number of nitrogens with zero attached hydrogens (tertiary/aromatic N) is 2. The highest BCUT2D eigenvalue weighted by molar-refractivity contribution is 5.81. The predicted octanol–water partition coefficient (Wildman–Crippen LogP) is 4.60. The van der Waals surface area contributed by atoms with Gasteiger partial charge in [-0.2, -0.15) is 0 Å². The molecule has 0 saturated heterocycles. The van der Waals surface area contributed by atoms with Crippen LogP contribution < -0.4 is 0 Å². The number of hydrogen-bond acceptors (Lipinski definition) is 2. The van der Waals surface area contributed by atoms with Gasteiger partial charge in [0.25, 0.3) is 0 Å². The topological polar surface area (TPSA) is 25.2 Å². The van der Waals surface area contributed by atoms with Crippen molar-refractivity contribution in [1.29, 1.82) is 0 Å². The summed E-state index contributed by atoms with van der Waals surface area (Å²) in [6, 6.07) is 10.4.